The lowest BCUT2D eigenvalue weighted by Crippen LogP contribution is -2.25. The van der Waals surface area contributed by atoms with Gasteiger partial charge in [0.05, 0.1) is 0 Å². The SMILES string of the molecule is Cc1c(F)cccc1NC(=O)C1CCCCC1. The predicted octanol–water partition coefficient (Wildman–Crippen LogP) is 3.65. The molecule has 0 radical (unpaired) electrons. The van der Waals surface area contributed by atoms with E-state index in [1.165, 1.54) is 12.5 Å². The second-order valence-corrected chi connectivity index (χ2v) is 4.74. The molecule has 0 spiro atoms. The first-order chi connectivity index (χ1) is 8.18. The maximum atomic E-state index is 13.3. The number of amides is 1. The minimum atomic E-state index is -0.272. The Morgan fingerprint density at radius 2 is 2.00 bits per heavy atom. The molecule has 2 rings (SSSR count). The number of carbonyl (C=O) groups excluding carboxylic acids is 1. The van der Waals surface area contributed by atoms with E-state index < -0.39 is 0 Å². The summed E-state index contributed by atoms with van der Waals surface area (Å²) in [5, 5.41) is 2.84. The van der Waals surface area contributed by atoms with Crippen LogP contribution in [0.5, 0.6) is 0 Å². The van der Waals surface area contributed by atoms with Gasteiger partial charge in [0.25, 0.3) is 0 Å². The van der Waals surface area contributed by atoms with Gasteiger partial charge in [-0.25, -0.2) is 4.39 Å². The van der Waals surface area contributed by atoms with E-state index >= 15 is 0 Å². The fourth-order valence-corrected chi connectivity index (χ4v) is 2.34. The summed E-state index contributed by atoms with van der Waals surface area (Å²) < 4.78 is 13.3. The lowest BCUT2D eigenvalue weighted by molar-refractivity contribution is -0.120. The molecule has 0 unspecified atom stereocenters. The zero-order chi connectivity index (χ0) is 12.3. The Balaban J connectivity index is 2.04. The van der Waals surface area contributed by atoms with Crippen LogP contribution in [0.15, 0.2) is 18.2 Å². The predicted molar refractivity (Wildman–Crippen MR) is 66.3 cm³/mol. The van der Waals surface area contributed by atoms with E-state index in [1.807, 2.05) is 0 Å². The molecular formula is C14H18FNO. The van der Waals surface area contributed by atoms with Gasteiger partial charge in [-0.3, -0.25) is 4.79 Å². The molecule has 1 amide bonds. The summed E-state index contributed by atoms with van der Waals surface area (Å²) in [7, 11) is 0. The summed E-state index contributed by atoms with van der Waals surface area (Å²) in [5.41, 5.74) is 1.11. The molecule has 1 fully saturated rings. The molecule has 0 aliphatic heterocycles. The summed E-state index contributed by atoms with van der Waals surface area (Å²) in [4.78, 5) is 12.0. The monoisotopic (exact) mass is 235 g/mol. The first-order valence-corrected chi connectivity index (χ1v) is 6.24. The number of rotatable bonds is 2. The van der Waals surface area contributed by atoms with Gasteiger partial charge in [0, 0.05) is 17.2 Å². The third kappa shape index (κ3) is 2.84. The van der Waals surface area contributed by atoms with E-state index in [1.54, 1.807) is 19.1 Å². The van der Waals surface area contributed by atoms with Crippen LogP contribution in [0.1, 0.15) is 37.7 Å². The Morgan fingerprint density at radius 1 is 1.29 bits per heavy atom. The second kappa shape index (κ2) is 5.30. The fourth-order valence-electron chi connectivity index (χ4n) is 2.34. The molecule has 1 N–H and O–H groups in total. The molecular weight excluding hydrogens is 217 g/mol. The number of benzene rings is 1. The molecule has 0 atom stereocenters. The van der Waals surface area contributed by atoms with Crippen molar-refractivity contribution in [2.45, 2.75) is 39.0 Å². The van der Waals surface area contributed by atoms with Crippen LogP contribution < -0.4 is 5.32 Å². The number of halogens is 1. The minimum Gasteiger partial charge on any atom is -0.326 e. The molecule has 0 heterocycles. The van der Waals surface area contributed by atoms with Crippen molar-refractivity contribution >= 4 is 11.6 Å². The zero-order valence-electron chi connectivity index (χ0n) is 10.1. The first kappa shape index (κ1) is 12.1. The van der Waals surface area contributed by atoms with Crippen LogP contribution in [-0.4, -0.2) is 5.91 Å². The van der Waals surface area contributed by atoms with Crippen molar-refractivity contribution in [2.75, 3.05) is 5.32 Å². The third-order valence-electron chi connectivity index (χ3n) is 3.50. The van der Waals surface area contributed by atoms with Gasteiger partial charge in [0.2, 0.25) is 5.91 Å². The molecule has 1 aliphatic rings. The summed E-state index contributed by atoms with van der Waals surface area (Å²) in [5.74, 6) is -0.128. The van der Waals surface area contributed by atoms with E-state index in [0.29, 0.717) is 11.3 Å². The standard InChI is InChI=1S/C14H18FNO/c1-10-12(15)8-5-9-13(10)16-14(17)11-6-3-2-4-7-11/h5,8-9,11H,2-4,6-7H2,1H3,(H,16,17). The number of carbonyl (C=O) groups is 1. The van der Waals surface area contributed by atoms with Gasteiger partial charge >= 0.3 is 0 Å². The van der Waals surface area contributed by atoms with E-state index in [4.69, 9.17) is 0 Å². The van der Waals surface area contributed by atoms with Crippen molar-refractivity contribution in [3.63, 3.8) is 0 Å². The zero-order valence-corrected chi connectivity index (χ0v) is 10.1. The molecule has 0 aromatic heterocycles. The molecule has 1 aromatic carbocycles. The average molecular weight is 235 g/mol. The quantitative estimate of drug-likeness (QED) is 0.832. The topological polar surface area (TPSA) is 29.1 Å². The summed E-state index contributed by atoms with van der Waals surface area (Å²) in [6.07, 6.45) is 5.39. The molecule has 1 saturated carbocycles. The molecule has 2 nitrogen and oxygen atoms in total. The van der Waals surface area contributed by atoms with E-state index in [9.17, 15) is 9.18 Å². The van der Waals surface area contributed by atoms with Crippen molar-refractivity contribution in [3.8, 4) is 0 Å². The molecule has 0 saturated heterocycles. The number of hydrogen-bond acceptors (Lipinski definition) is 1. The van der Waals surface area contributed by atoms with Crippen LogP contribution >= 0.6 is 0 Å². The van der Waals surface area contributed by atoms with Crippen molar-refractivity contribution in [3.05, 3.63) is 29.6 Å². The summed E-state index contributed by atoms with van der Waals surface area (Å²) in [6, 6.07) is 4.78. The number of hydrogen-bond donors (Lipinski definition) is 1. The van der Waals surface area contributed by atoms with Gasteiger partial charge in [-0.1, -0.05) is 25.3 Å². The Bertz CT molecular complexity index is 411. The number of anilines is 1. The smallest absolute Gasteiger partial charge is 0.227 e. The molecule has 17 heavy (non-hydrogen) atoms. The van der Waals surface area contributed by atoms with Gasteiger partial charge in [0.1, 0.15) is 5.82 Å². The molecule has 1 aromatic rings. The molecule has 1 aliphatic carbocycles. The summed E-state index contributed by atoms with van der Waals surface area (Å²) in [6.45, 7) is 1.69. The Morgan fingerprint density at radius 3 is 2.71 bits per heavy atom. The second-order valence-electron chi connectivity index (χ2n) is 4.74. The molecule has 0 bridgehead atoms. The van der Waals surface area contributed by atoms with E-state index in [0.717, 1.165) is 25.7 Å². The Kier molecular flexibility index (Phi) is 3.77. The van der Waals surface area contributed by atoms with E-state index in [2.05, 4.69) is 5.32 Å². The molecule has 92 valence electrons. The largest absolute Gasteiger partial charge is 0.326 e. The van der Waals surface area contributed by atoms with Crippen molar-refractivity contribution < 1.29 is 9.18 Å². The highest BCUT2D eigenvalue weighted by Crippen LogP contribution is 2.26. The van der Waals surface area contributed by atoms with Crippen molar-refractivity contribution in [1.82, 2.24) is 0 Å². The Labute approximate surface area is 101 Å². The number of nitrogens with one attached hydrogen (secondary N) is 1. The highest BCUT2D eigenvalue weighted by Gasteiger charge is 2.21. The van der Waals surface area contributed by atoms with Crippen LogP contribution in [0.4, 0.5) is 10.1 Å². The Hall–Kier alpha value is -1.38. The fraction of sp³-hybridized carbons (Fsp3) is 0.500. The van der Waals surface area contributed by atoms with Gasteiger partial charge in [-0.15, -0.1) is 0 Å². The third-order valence-corrected chi connectivity index (χ3v) is 3.50. The first-order valence-electron chi connectivity index (χ1n) is 6.24. The van der Waals surface area contributed by atoms with E-state index in [-0.39, 0.29) is 17.6 Å². The van der Waals surface area contributed by atoms with Crippen molar-refractivity contribution in [2.24, 2.45) is 5.92 Å². The normalized spacial score (nSPS) is 16.8. The van der Waals surface area contributed by atoms with Crippen LogP contribution in [-0.2, 0) is 4.79 Å². The van der Waals surface area contributed by atoms with Gasteiger partial charge < -0.3 is 5.32 Å². The van der Waals surface area contributed by atoms with Gasteiger partial charge in [-0.2, -0.15) is 0 Å². The highest BCUT2D eigenvalue weighted by molar-refractivity contribution is 5.93. The maximum Gasteiger partial charge on any atom is 0.227 e. The average Bonchev–Trinajstić information content (AvgIpc) is 2.36. The minimum absolute atomic E-state index is 0.0402. The van der Waals surface area contributed by atoms with Crippen LogP contribution in [0, 0.1) is 18.7 Å². The van der Waals surface area contributed by atoms with Gasteiger partial charge in [0.15, 0.2) is 0 Å². The van der Waals surface area contributed by atoms with Crippen molar-refractivity contribution in [1.29, 1.82) is 0 Å². The lowest BCUT2D eigenvalue weighted by Gasteiger charge is -2.21. The van der Waals surface area contributed by atoms with Gasteiger partial charge in [-0.05, 0) is 31.9 Å². The highest BCUT2D eigenvalue weighted by atomic mass is 19.1. The molecule has 3 heteroatoms. The van der Waals surface area contributed by atoms with Crippen LogP contribution in [0.25, 0.3) is 0 Å². The van der Waals surface area contributed by atoms with Crippen LogP contribution in [0.3, 0.4) is 0 Å². The lowest BCUT2D eigenvalue weighted by atomic mass is 9.88. The van der Waals surface area contributed by atoms with Crippen LogP contribution in [0.2, 0.25) is 0 Å². The summed E-state index contributed by atoms with van der Waals surface area (Å²) >= 11 is 0. The maximum absolute atomic E-state index is 13.3.